The Hall–Kier alpha value is -2.84. The molecule has 1 saturated carbocycles. The number of anilines is 1. The highest BCUT2D eigenvalue weighted by Crippen LogP contribution is 2.48. The van der Waals surface area contributed by atoms with Crippen LogP contribution in [0.2, 0.25) is 0 Å². The van der Waals surface area contributed by atoms with Crippen LogP contribution in [-0.4, -0.2) is 43.4 Å². The predicted octanol–water partition coefficient (Wildman–Crippen LogP) is 3.57. The lowest BCUT2D eigenvalue weighted by Crippen LogP contribution is -2.27. The van der Waals surface area contributed by atoms with E-state index in [9.17, 15) is 4.79 Å². The maximum absolute atomic E-state index is 12.6. The molecule has 1 N–H and O–H groups in total. The zero-order chi connectivity index (χ0) is 20.9. The quantitative estimate of drug-likeness (QED) is 0.711. The Bertz CT molecular complexity index is 1080. The minimum atomic E-state index is -0.596. The highest BCUT2D eigenvalue weighted by Gasteiger charge is 2.54. The summed E-state index contributed by atoms with van der Waals surface area (Å²) < 4.78 is 14.5. The van der Waals surface area contributed by atoms with Gasteiger partial charge in [0.15, 0.2) is 22.8 Å². The molecule has 8 heteroatoms. The Morgan fingerprint density at radius 3 is 2.70 bits per heavy atom. The molecule has 1 aliphatic heterocycles. The first kappa shape index (κ1) is 19.1. The minimum absolute atomic E-state index is 0.0559. The van der Waals surface area contributed by atoms with E-state index in [1.807, 2.05) is 36.6 Å². The maximum Gasteiger partial charge on any atom is 0.256 e. The molecule has 1 aromatic carbocycles. The van der Waals surface area contributed by atoms with E-state index in [4.69, 9.17) is 9.47 Å². The first-order chi connectivity index (χ1) is 14.5. The smallest absolute Gasteiger partial charge is 0.256 e. The van der Waals surface area contributed by atoms with Gasteiger partial charge in [0.05, 0.1) is 18.5 Å². The highest BCUT2D eigenvalue weighted by molar-refractivity contribution is 6.06. The van der Waals surface area contributed by atoms with E-state index < -0.39 is 5.79 Å². The summed E-state index contributed by atoms with van der Waals surface area (Å²) in [6, 6.07) is 9.11. The van der Waals surface area contributed by atoms with Crippen molar-refractivity contribution >= 4 is 22.9 Å². The van der Waals surface area contributed by atoms with Crippen molar-refractivity contribution in [3.8, 4) is 0 Å². The molecule has 2 aliphatic rings. The highest BCUT2D eigenvalue weighted by atomic mass is 16.8. The van der Waals surface area contributed by atoms with Gasteiger partial charge in [-0.05, 0) is 38.3 Å². The summed E-state index contributed by atoms with van der Waals surface area (Å²) in [7, 11) is 0. The fourth-order valence-corrected chi connectivity index (χ4v) is 4.68. The number of carbonyl (C=O) groups excluding carboxylic acids is 1. The number of hydrogen-bond acceptors (Lipinski definition) is 6. The molecule has 0 unspecified atom stereocenters. The van der Waals surface area contributed by atoms with Crippen LogP contribution in [0.1, 0.15) is 50.0 Å². The minimum Gasteiger partial charge on any atom is -0.344 e. The molecule has 1 aliphatic carbocycles. The van der Waals surface area contributed by atoms with E-state index in [1.165, 1.54) is 6.33 Å². The van der Waals surface area contributed by atoms with Crippen molar-refractivity contribution in [1.29, 1.82) is 0 Å². The second-order valence-electron chi connectivity index (χ2n) is 8.40. The third-order valence-corrected chi connectivity index (χ3v) is 6.06. The van der Waals surface area contributed by atoms with Crippen LogP contribution in [0.15, 0.2) is 43.0 Å². The summed E-state index contributed by atoms with van der Waals surface area (Å²) in [5.74, 6) is -0.00967. The first-order valence-corrected chi connectivity index (χ1v) is 10.4. The van der Waals surface area contributed by atoms with Gasteiger partial charge in [-0.25, -0.2) is 15.0 Å². The molecule has 0 bridgehead atoms. The van der Waals surface area contributed by atoms with Crippen LogP contribution in [0.3, 0.4) is 0 Å². The van der Waals surface area contributed by atoms with Gasteiger partial charge in [-0.2, -0.15) is 0 Å². The number of nitrogens with one attached hydrogen (secondary N) is 1. The molecule has 1 amide bonds. The normalized spacial score (nSPS) is 27.3. The Morgan fingerprint density at radius 2 is 1.93 bits per heavy atom. The lowest BCUT2D eigenvalue weighted by Gasteiger charge is -2.24. The fraction of sp³-hybridized carbons (Fsp3) is 0.455. The van der Waals surface area contributed by atoms with Gasteiger partial charge >= 0.3 is 0 Å². The van der Waals surface area contributed by atoms with E-state index in [0.717, 1.165) is 12.8 Å². The number of rotatable bonds is 4. The largest absolute Gasteiger partial charge is 0.344 e. The number of aromatic nitrogens is 4. The lowest BCUT2D eigenvalue weighted by atomic mass is 10.0. The van der Waals surface area contributed by atoms with E-state index >= 15 is 0 Å². The van der Waals surface area contributed by atoms with Crippen molar-refractivity contribution < 1.29 is 14.3 Å². The van der Waals surface area contributed by atoms with Crippen LogP contribution < -0.4 is 5.32 Å². The van der Waals surface area contributed by atoms with Crippen molar-refractivity contribution in [2.75, 3.05) is 5.32 Å². The molecule has 1 saturated heterocycles. The molecule has 0 radical (unpaired) electrons. The van der Waals surface area contributed by atoms with Gasteiger partial charge in [0.1, 0.15) is 12.4 Å². The van der Waals surface area contributed by atoms with Crippen LogP contribution in [0, 0.1) is 5.92 Å². The van der Waals surface area contributed by atoms with E-state index in [1.54, 1.807) is 18.5 Å². The summed E-state index contributed by atoms with van der Waals surface area (Å²) >= 11 is 0. The molecule has 4 atom stereocenters. The van der Waals surface area contributed by atoms with Gasteiger partial charge in [0.25, 0.3) is 5.91 Å². The number of ether oxygens (including phenoxy) is 2. The standard InChI is InChI=1S/C22H25N5O3/c1-4-13-10-15(18-17(13)29-22(2,3)30-18)27-12-25-16-19(23-11-24-20(16)27)26-21(28)14-8-6-5-7-9-14/h5-9,11-13,15,17-18H,4,10H2,1-3H3,(H,23,24,26,28)/t13-,15+,17+,18-/m0/s1. The van der Waals surface area contributed by atoms with Crippen molar-refractivity contribution in [3.63, 3.8) is 0 Å². The first-order valence-electron chi connectivity index (χ1n) is 10.4. The molecule has 2 fully saturated rings. The SMILES string of the molecule is CC[C@H]1C[C@@H](n2cnc3c(NC(=O)c4ccccc4)ncnc32)[C@@H]2OC(C)(C)O[C@H]12. The molecule has 5 rings (SSSR count). The summed E-state index contributed by atoms with van der Waals surface area (Å²) in [4.78, 5) is 25.8. The molecule has 3 heterocycles. The Labute approximate surface area is 174 Å². The molecule has 156 valence electrons. The molecular formula is C22H25N5O3. The summed E-state index contributed by atoms with van der Waals surface area (Å²) in [5.41, 5.74) is 1.81. The maximum atomic E-state index is 12.6. The van der Waals surface area contributed by atoms with Crippen LogP contribution in [-0.2, 0) is 9.47 Å². The number of carbonyl (C=O) groups is 1. The Morgan fingerprint density at radius 1 is 1.17 bits per heavy atom. The van der Waals surface area contributed by atoms with Crippen LogP contribution in [0.5, 0.6) is 0 Å². The number of nitrogens with zero attached hydrogens (tertiary/aromatic N) is 4. The number of amides is 1. The van der Waals surface area contributed by atoms with Crippen LogP contribution in [0.25, 0.3) is 11.2 Å². The van der Waals surface area contributed by atoms with Crippen molar-refractivity contribution in [3.05, 3.63) is 48.5 Å². The summed E-state index contributed by atoms with van der Waals surface area (Å²) in [6.07, 6.45) is 5.19. The predicted molar refractivity (Wildman–Crippen MR) is 111 cm³/mol. The monoisotopic (exact) mass is 407 g/mol. The van der Waals surface area contributed by atoms with E-state index in [-0.39, 0.29) is 24.2 Å². The number of imidazole rings is 1. The van der Waals surface area contributed by atoms with Gasteiger partial charge in [0.2, 0.25) is 0 Å². The molecular weight excluding hydrogens is 382 g/mol. The molecule has 8 nitrogen and oxygen atoms in total. The summed E-state index contributed by atoms with van der Waals surface area (Å²) in [5, 5.41) is 2.86. The summed E-state index contributed by atoms with van der Waals surface area (Å²) in [6.45, 7) is 6.10. The molecule has 2 aromatic heterocycles. The van der Waals surface area contributed by atoms with Gasteiger partial charge in [-0.15, -0.1) is 0 Å². The van der Waals surface area contributed by atoms with Gasteiger partial charge < -0.3 is 19.4 Å². The third kappa shape index (κ3) is 3.16. The zero-order valence-electron chi connectivity index (χ0n) is 17.3. The average molecular weight is 407 g/mol. The third-order valence-electron chi connectivity index (χ3n) is 6.06. The van der Waals surface area contributed by atoms with Crippen molar-refractivity contribution in [1.82, 2.24) is 19.5 Å². The Balaban J connectivity index is 1.47. The van der Waals surface area contributed by atoms with Crippen molar-refractivity contribution in [2.45, 2.75) is 57.6 Å². The van der Waals surface area contributed by atoms with Crippen molar-refractivity contribution in [2.24, 2.45) is 5.92 Å². The second kappa shape index (κ2) is 7.14. The van der Waals surface area contributed by atoms with Crippen LogP contribution in [0.4, 0.5) is 5.82 Å². The van der Waals surface area contributed by atoms with Gasteiger partial charge in [-0.1, -0.05) is 31.5 Å². The number of fused-ring (bicyclic) bond motifs is 2. The molecule has 30 heavy (non-hydrogen) atoms. The number of benzene rings is 1. The second-order valence-corrected chi connectivity index (χ2v) is 8.40. The topological polar surface area (TPSA) is 91.2 Å². The molecule has 0 spiro atoms. The number of hydrogen-bond donors (Lipinski definition) is 1. The van der Waals surface area contributed by atoms with Gasteiger partial charge in [-0.3, -0.25) is 4.79 Å². The average Bonchev–Trinajstić information content (AvgIpc) is 3.39. The Kier molecular flexibility index (Phi) is 4.56. The lowest BCUT2D eigenvalue weighted by molar-refractivity contribution is -0.160. The fourth-order valence-electron chi connectivity index (χ4n) is 4.68. The molecule has 3 aromatic rings. The van der Waals surface area contributed by atoms with E-state index in [2.05, 4.69) is 27.2 Å². The zero-order valence-corrected chi connectivity index (χ0v) is 17.3. The van der Waals surface area contributed by atoms with E-state index in [0.29, 0.717) is 28.5 Å². The van der Waals surface area contributed by atoms with Crippen LogP contribution >= 0.6 is 0 Å². The van der Waals surface area contributed by atoms with Gasteiger partial charge in [0, 0.05) is 5.56 Å².